The van der Waals surface area contributed by atoms with Crippen molar-refractivity contribution in [2.24, 2.45) is 18.4 Å². The average molecular weight is 759 g/mol. The van der Waals surface area contributed by atoms with Crippen LogP contribution in [-0.2, 0) is 31.1 Å². The molecule has 0 spiro atoms. The van der Waals surface area contributed by atoms with E-state index in [2.05, 4.69) is 20.9 Å². The van der Waals surface area contributed by atoms with Gasteiger partial charge in [-0.25, -0.2) is 9.97 Å². The van der Waals surface area contributed by atoms with Crippen molar-refractivity contribution in [3.8, 4) is 0 Å². The number of nitrogens with zero attached hydrogens (tertiary/aromatic N) is 4. The van der Waals surface area contributed by atoms with Crippen LogP contribution in [0.15, 0.2) is 42.5 Å². The van der Waals surface area contributed by atoms with Gasteiger partial charge in [0.05, 0.1) is 32.8 Å². The number of fused-ring (bicyclic) bond motifs is 1. The number of alkyl halides is 6. The van der Waals surface area contributed by atoms with Crippen LogP contribution in [-0.4, -0.2) is 45.6 Å². The topological polar surface area (TPSA) is 104 Å². The summed E-state index contributed by atoms with van der Waals surface area (Å²) in [5.74, 6) is -1.96. The highest BCUT2D eigenvalue weighted by Gasteiger charge is 2.42. The second-order valence-electron chi connectivity index (χ2n) is 13.3. The zero-order valence-corrected chi connectivity index (χ0v) is 29.5. The molecule has 51 heavy (non-hydrogen) atoms. The summed E-state index contributed by atoms with van der Waals surface area (Å²) in [5, 5.41) is 9.11. The molecule has 0 bridgehead atoms. The van der Waals surface area contributed by atoms with Gasteiger partial charge in [0.1, 0.15) is 11.3 Å². The molecule has 2 aromatic heterocycles. The molecule has 1 aliphatic rings. The number of rotatable bonds is 8. The van der Waals surface area contributed by atoms with E-state index >= 15 is 0 Å². The van der Waals surface area contributed by atoms with Gasteiger partial charge in [0.15, 0.2) is 5.65 Å². The van der Waals surface area contributed by atoms with E-state index in [1.807, 2.05) is 0 Å². The number of pyridine rings is 1. The van der Waals surface area contributed by atoms with Crippen LogP contribution in [0.3, 0.4) is 0 Å². The number of aromatic nitrogens is 3. The number of hydrogen-bond acceptors (Lipinski definition) is 6. The monoisotopic (exact) mass is 757 g/mol. The van der Waals surface area contributed by atoms with Crippen LogP contribution >= 0.6 is 23.2 Å². The SMILES string of the molecule is Cn1c(Nc2c(Cl)ccc(CNC(=O)C(C)(C)C)c2Cl)nc2cc(C(=O)NCc3ccc(C(F)(F)F)cc3)c(N3CCC(C(F)(F)F)CC3)nc21. The van der Waals surface area contributed by atoms with Gasteiger partial charge in [-0.05, 0) is 48.2 Å². The summed E-state index contributed by atoms with van der Waals surface area (Å²) >= 11 is 13.2. The molecule has 5 rings (SSSR count). The highest BCUT2D eigenvalue weighted by atomic mass is 35.5. The molecule has 17 heteroatoms. The molecule has 1 aliphatic heterocycles. The lowest BCUT2D eigenvalue weighted by Gasteiger charge is -2.34. The third-order valence-electron chi connectivity index (χ3n) is 8.59. The highest BCUT2D eigenvalue weighted by Crippen LogP contribution is 2.38. The molecule has 2 aromatic carbocycles. The van der Waals surface area contributed by atoms with Gasteiger partial charge >= 0.3 is 12.4 Å². The molecule has 0 saturated carbocycles. The number of anilines is 3. The van der Waals surface area contributed by atoms with Crippen LogP contribution in [0.2, 0.25) is 10.0 Å². The van der Waals surface area contributed by atoms with E-state index in [0.29, 0.717) is 22.5 Å². The number of benzene rings is 2. The highest BCUT2D eigenvalue weighted by molar-refractivity contribution is 6.39. The zero-order valence-electron chi connectivity index (χ0n) is 28.0. The summed E-state index contributed by atoms with van der Waals surface area (Å²) in [6.07, 6.45) is -9.27. The molecule has 0 aliphatic carbocycles. The van der Waals surface area contributed by atoms with Gasteiger partial charge in [0.25, 0.3) is 5.91 Å². The molecule has 0 atom stereocenters. The summed E-state index contributed by atoms with van der Waals surface area (Å²) in [4.78, 5) is 37.0. The number of imidazole rings is 1. The first-order chi connectivity index (χ1) is 23.7. The van der Waals surface area contributed by atoms with Crippen molar-refractivity contribution < 1.29 is 35.9 Å². The molecule has 0 radical (unpaired) electrons. The predicted molar refractivity (Wildman–Crippen MR) is 183 cm³/mol. The van der Waals surface area contributed by atoms with Crippen LogP contribution in [0.5, 0.6) is 0 Å². The van der Waals surface area contributed by atoms with E-state index < -0.39 is 35.2 Å². The van der Waals surface area contributed by atoms with Crippen molar-refractivity contribution in [3.05, 3.63) is 74.8 Å². The van der Waals surface area contributed by atoms with E-state index in [0.717, 1.165) is 12.1 Å². The first kappa shape index (κ1) is 38.0. The molecule has 274 valence electrons. The number of halogens is 8. The number of nitrogens with one attached hydrogen (secondary N) is 3. The Hall–Kier alpha value is -4.24. The number of hydrogen-bond donors (Lipinski definition) is 3. The smallest absolute Gasteiger partial charge is 0.356 e. The van der Waals surface area contributed by atoms with Gasteiger partial charge in [-0.1, -0.05) is 62.2 Å². The van der Waals surface area contributed by atoms with E-state index in [4.69, 9.17) is 28.2 Å². The molecule has 0 unspecified atom stereocenters. The minimum atomic E-state index is -4.52. The fourth-order valence-corrected chi connectivity index (χ4v) is 6.06. The molecule has 1 fully saturated rings. The minimum absolute atomic E-state index is 0.0193. The van der Waals surface area contributed by atoms with Gasteiger partial charge in [-0.2, -0.15) is 26.3 Å². The van der Waals surface area contributed by atoms with Crippen molar-refractivity contribution in [2.45, 2.75) is 59.1 Å². The molecule has 3 N–H and O–H groups in total. The maximum atomic E-state index is 13.6. The number of aryl methyl sites for hydroxylation is 1. The average Bonchev–Trinajstić information content (AvgIpc) is 3.37. The Kier molecular flexibility index (Phi) is 10.7. The van der Waals surface area contributed by atoms with Gasteiger partial charge in [0, 0.05) is 38.6 Å². The fraction of sp³-hybridized carbons (Fsp3) is 0.412. The Bertz CT molecular complexity index is 1930. The van der Waals surface area contributed by atoms with Crippen molar-refractivity contribution in [3.63, 3.8) is 0 Å². The van der Waals surface area contributed by atoms with Crippen LogP contribution in [0.25, 0.3) is 11.2 Å². The summed E-state index contributed by atoms with van der Waals surface area (Å²) in [6.45, 7) is 5.31. The van der Waals surface area contributed by atoms with Crippen molar-refractivity contribution in [1.29, 1.82) is 0 Å². The molecular formula is C34H35Cl2F6N7O2. The maximum absolute atomic E-state index is 13.6. The number of amides is 2. The Morgan fingerprint density at radius 3 is 2.14 bits per heavy atom. The molecule has 3 heterocycles. The molecule has 2 amide bonds. The van der Waals surface area contributed by atoms with E-state index in [1.165, 1.54) is 18.2 Å². The van der Waals surface area contributed by atoms with Crippen LogP contribution in [0.4, 0.5) is 43.8 Å². The van der Waals surface area contributed by atoms with Crippen LogP contribution in [0, 0.1) is 11.3 Å². The number of carbonyl (C=O) groups is 2. The lowest BCUT2D eigenvalue weighted by Crippen LogP contribution is -2.40. The largest absolute Gasteiger partial charge is 0.416 e. The molecule has 1 saturated heterocycles. The summed E-state index contributed by atoms with van der Waals surface area (Å²) in [7, 11) is 1.64. The van der Waals surface area contributed by atoms with Crippen molar-refractivity contribution in [1.82, 2.24) is 25.2 Å². The van der Waals surface area contributed by atoms with E-state index in [-0.39, 0.29) is 77.8 Å². The standard InChI is InChI=1S/C34H35Cl2F6N7O2/c1-32(2,3)30(51)44-17-19-7-10-23(35)26(25(19)36)46-31-45-24-15-22(29(50)43-16-18-5-8-20(9-6-18)33(37,38)39)27(47-28(24)48(31)4)49-13-11-21(12-14-49)34(40,41)42/h5-10,15,21H,11-14,16-17H2,1-4H3,(H,43,50)(H,44,51)(H,45,46). The predicted octanol–water partition coefficient (Wildman–Crippen LogP) is 8.41. The molecule has 9 nitrogen and oxygen atoms in total. The first-order valence-electron chi connectivity index (χ1n) is 15.9. The van der Waals surface area contributed by atoms with Crippen LogP contribution < -0.4 is 20.9 Å². The van der Waals surface area contributed by atoms with Gasteiger partial charge in [-0.3, -0.25) is 14.2 Å². The minimum Gasteiger partial charge on any atom is -0.356 e. The lowest BCUT2D eigenvalue weighted by atomic mass is 9.95. The number of carbonyl (C=O) groups excluding carboxylic acids is 2. The molecule has 4 aromatic rings. The Balaban J connectivity index is 1.46. The Labute approximate surface area is 299 Å². The van der Waals surface area contributed by atoms with Gasteiger partial charge in [0.2, 0.25) is 11.9 Å². The van der Waals surface area contributed by atoms with Gasteiger partial charge < -0.3 is 20.9 Å². The summed E-state index contributed by atoms with van der Waals surface area (Å²) < 4.78 is 81.0. The Morgan fingerprint density at radius 2 is 1.55 bits per heavy atom. The second kappa shape index (κ2) is 14.4. The summed E-state index contributed by atoms with van der Waals surface area (Å²) in [5.41, 5.74) is 0.398. The lowest BCUT2D eigenvalue weighted by molar-refractivity contribution is -0.179. The van der Waals surface area contributed by atoms with Crippen molar-refractivity contribution in [2.75, 3.05) is 23.3 Å². The third-order valence-corrected chi connectivity index (χ3v) is 9.34. The normalized spacial score (nSPS) is 14.5. The second-order valence-corrected chi connectivity index (χ2v) is 14.1. The van der Waals surface area contributed by atoms with Crippen molar-refractivity contribution >= 4 is 63.6 Å². The third kappa shape index (κ3) is 8.63. The van der Waals surface area contributed by atoms with E-state index in [1.54, 1.807) is 49.4 Å². The maximum Gasteiger partial charge on any atom is 0.416 e. The fourth-order valence-electron chi connectivity index (χ4n) is 5.53. The number of piperidine rings is 1. The Morgan fingerprint density at radius 1 is 0.902 bits per heavy atom. The zero-order chi connectivity index (χ0) is 37.5. The molecular weight excluding hydrogens is 723 g/mol. The van der Waals surface area contributed by atoms with E-state index in [9.17, 15) is 35.9 Å². The summed E-state index contributed by atoms with van der Waals surface area (Å²) in [6, 6.07) is 9.05. The van der Waals surface area contributed by atoms with Gasteiger partial charge in [-0.15, -0.1) is 0 Å². The van der Waals surface area contributed by atoms with Crippen LogP contribution in [0.1, 0.15) is 60.7 Å². The quantitative estimate of drug-likeness (QED) is 0.156. The first-order valence-corrected chi connectivity index (χ1v) is 16.6.